The first kappa shape index (κ1) is 15.8. The first-order chi connectivity index (χ1) is 9.90. The SMILES string of the molecule is Cc1ccc(C(C)C)c(Oc2ncnc(Cl)c2C(C)C)c1. The second-order valence-electron chi connectivity index (χ2n) is 5.84. The molecule has 21 heavy (non-hydrogen) atoms. The third-order valence-electron chi connectivity index (χ3n) is 3.37. The van der Waals surface area contributed by atoms with Gasteiger partial charge in [0.1, 0.15) is 17.2 Å². The molecule has 0 aliphatic carbocycles. The molecule has 0 spiro atoms. The molecule has 0 atom stereocenters. The fourth-order valence-corrected chi connectivity index (χ4v) is 2.58. The lowest BCUT2D eigenvalue weighted by Gasteiger charge is -2.17. The molecule has 0 bridgehead atoms. The van der Waals surface area contributed by atoms with E-state index in [2.05, 4.69) is 49.8 Å². The Balaban J connectivity index is 2.48. The summed E-state index contributed by atoms with van der Waals surface area (Å²) in [4.78, 5) is 8.32. The number of benzene rings is 1. The largest absolute Gasteiger partial charge is 0.438 e. The third-order valence-corrected chi connectivity index (χ3v) is 3.67. The van der Waals surface area contributed by atoms with Gasteiger partial charge in [0.05, 0.1) is 5.56 Å². The van der Waals surface area contributed by atoms with Crippen LogP contribution in [0.5, 0.6) is 11.6 Å². The van der Waals surface area contributed by atoms with Crippen LogP contribution < -0.4 is 4.74 Å². The number of nitrogens with zero attached hydrogens (tertiary/aromatic N) is 2. The van der Waals surface area contributed by atoms with Gasteiger partial charge in [-0.05, 0) is 36.0 Å². The number of hydrogen-bond acceptors (Lipinski definition) is 3. The first-order valence-corrected chi connectivity index (χ1v) is 7.56. The zero-order valence-corrected chi connectivity index (χ0v) is 13.9. The molecule has 0 aliphatic rings. The molecule has 1 heterocycles. The maximum atomic E-state index is 6.19. The van der Waals surface area contributed by atoms with E-state index in [-0.39, 0.29) is 5.92 Å². The van der Waals surface area contributed by atoms with E-state index < -0.39 is 0 Å². The smallest absolute Gasteiger partial charge is 0.227 e. The molecule has 0 N–H and O–H groups in total. The van der Waals surface area contributed by atoms with Crippen LogP contribution in [0, 0.1) is 6.92 Å². The summed E-state index contributed by atoms with van der Waals surface area (Å²) >= 11 is 6.19. The van der Waals surface area contributed by atoms with Crippen LogP contribution in [-0.4, -0.2) is 9.97 Å². The van der Waals surface area contributed by atoms with Gasteiger partial charge >= 0.3 is 0 Å². The Morgan fingerprint density at radius 1 is 1.05 bits per heavy atom. The molecule has 112 valence electrons. The van der Waals surface area contributed by atoms with E-state index in [1.807, 2.05) is 13.0 Å². The summed E-state index contributed by atoms with van der Waals surface area (Å²) in [5.74, 6) is 1.94. The predicted octanol–water partition coefficient (Wildman–Crippen LogP) is 5.48. The van der Waals surface area contributed by atoms with E-state index >= 15 is 0 Å². The van der Waals surface area contributed by atoms with E-state index in [4.69, 9.17) is 16.3 Å². The normalized spacial score (nSPS) is 11.2. The fourth-order valence-electron chi connectivity index (χ4n) is 2.24. The average molecular weight is 305 g/mol. The molecular weight excluding hydrogens is 284 g/mol. The summed E-state index contributed by atoms with van der Waals surface area (Å²) in [6.45, 7) is 10.4. The summed E-state index contributed by atoms with van der Waals surface area (Å²) in [6, 6.07) is 6.24. The summed E-state index contributed by atoms with van der Waals surface area (Å²) < 4.78 is 6.09. The quantitative estimate of drug-likeness (QED) is 0.702. The van der Waals surface area contributed by atoms with Gasteiger partial charge in [-0.3, -0.25) is 0 Å². The standard InChI is InChI=1S/C17H21ClN2O/c1-10(2)13-7-6-12(5)8-14(13)21-17-15(11(3)4)16(18)19-9-20-17/h6-11H,1-5H3. The molecule has 2 rings (SSSR count). The van der Waals surface area contributed by atoms with Gasteiger partial charge in [-0.25, -0.2) is 9.97 Å². The van der Waals surface area contributed by atoms with Crippen molar-refractivity contribution in [2.24, 2.45) is 0 Å². The van der Waals surface area contributed by atoms with Gasteiger partial charge in [0, 0.05) is 0 Å². The number of halogens is 1. The summed E-state index contributed by atoms with van der Waals surface area (Å²) in [5.41, 5.74) is 3.15. The molecule has 0 unspecified atom stereocenters. The van der Waals surface area contributed by atoms with Crippen LogP contribution in [0.15, 0.2) is 24.5 Å². The molecule has 0 saturated heterocycles. The van der Waals surface area contributed by atoms with Gasteiger partial charge in [-0.2, -0.15) is 0 Å². The van der Waals surface area contributed by atoms with Crippen molar-refractivity contribution in [3.8, 4) is 11.6 Å². The van der Waals surface area contributed by atoms with E-state index in [0.29, 0.717) is 17.0 Å². The molecule has 0 aliphatic heterocycles. The van der Waals surface area contributed by atoms with Crippen molar-refractivity contribution in [1.82, 2.24) is 9.97 Å². The molecule has 2 aromatic rings. The van der Waals surface area contributed by atoms with E-state index in [1.165, 1.54) is 6.33 Å². The highest BCUT2D eigenvalue weighted by atomic mass is 35.5. The van der Waals surface area contributed by atoms with Gasteiger partial charge in [-0.15, -0.1) is 0 Å². The minimum absolute atomic E-state index is 0.195. The van der Waals surface area contributed by atoms with Gasteiger partial charge in [0.15, 0.2) is 0 Å². The summed E-state index contributed by atoms with van der Waals surface area (Å²) in [5, 5.41) is 0.453. The van der Waals surface area contributed by atoms with Gasteiger partial charge in [0.25, 0.3) is 0 Å². The molecule has 3 nitrogen and oxygen atoms in total. The van der Waals surface area contributed by atoms with Crippen molar-refractivity contribution in [3.63, 3.8) is 0 Å². The van der Waals surface area contributed by atoms with E-state index in [9.17, 15) is 0 Å². The van der Waals surface area contributed by atoms with Crippen molar-refractivity contribution in [2.45, 2.75) is 46.5 Å². The average Bonchev–Trinajstić information content (AvgIpc) is 2.37. The highest BCUT2D eigenvalue weighted by Crippen LogP contribution is 2.36. The Kier molecular flexibility index (Phi) is 4.84. The zero-order valence-electron chi connectivity index (χ0n) is 13.1. The van der Waals surface area contributed by atoms with Crippen LogP contribution in [0.3, 0.4) is 0 Å². The van der Waals surface area contributed by atoms with Crippen LogP contribution in [0.4, 0.5) is 0 Å². The van der Waals surface area contributed by atoms with Crippen molar-refractivity contribution in [1.29, 1.82) is 0 Å². The molecule has 0 amide bonds. The van der Waals surface area contributed by atoms with Crippen molar-refractivity contribution in [3.05, 3.63) is 46.4 Å². The van der Waals surface area contributed by atoms with E-state index in [1.54, 1.807) is 0 Å². The number of hydrogen-bond donors (Lipinski definition) is 0. The Labute approximate surface area is 131 Å². The monoisotopic (exact) mass is 304 g/mol. The highest BCUT2D eigenvalue weighted by molar-refractivity contribution is 6.30. The van der Waals surface area contributed by atoms with Crippen molar-refractivity contribution < 1.29 is 4.74 Å². The van der Waals surface area contributed by atoms with Crippen LogP contribution in [-0.2, 0) is 0 Å². The Morgan fingerprint density at radius 3 is 2.38 bits per heavy atom. The van der Waals surface area contributed by atoms with Crippen LogP contribution >= 0.6 is 11.6 Å². The Bertz CT molecular complexity index is 639. The molecule has 4 heteroatoms. The number of ether oxygens (including phenoxy) is 1. The minimum Gasteiger partial charge on any atom is -0.438 e. The maximum Gasteiger partial charge on any atom is 0.227 e. The number of rotatable bonds is 4. The Hall–Kier alpha value is -1.61. The molecule has 0 radical (unpaired) electrons. The van der Waals surface area contributed by atoms with Gasteiger partial charge < -0.3 is 4.74 Å². The second-order valence-corrected chi connectivity index (χ2v) is 6.19. The predicted molar refractivity (Wildman–Crippen MR) is 86.5 cm³/mol. The third kappa shape index (κ3) is 3.53. The van der Waals surface area contributed by atoms with Crippen molar-refractivity contribution in [2.75, 3.05) is 0 Å². The Morgan fingerprint density at radius 2 is 1.76 bits per heavy atom. The lowest BCUT2D eigenvalue weighted by Crippen LogP contribution is -2.02. The van der Waals surface area contributed by atoms with Gasteiger partial charge in [-0.1, -0.05) is 51.4 Å². The molecule has 1 aromatic carbocycles. The molecular formula is C17H21ClN2O. The molecule has 0 fully saturated rings. The van der Waals surface area contributed by atoms with Gasteiger partial charge in [0.2, 0.25) is 5.88 Å². The number of aryl methyl sites for hydroxylation is 1. The summed E-state index contributed by atoms with van der Waals surface area (Å²) in [6.07, 6.45) is 1.44. The molecule has 1 aromatic heterocycles. The minimum atomic E-state index is 0.195. The lowest BCUT2D eigenvalue weighted by molar-refractivity contribution is 0.443. The van der Waals surface area contributed by atoms with Crippen LogP contribution in [0.25, 0.3) is 0 Å². The second kappa shape index (κ2) is 6.44. The lowest BCUT2D eigenvalue weighted by atomic mass is 10.0. The van der Waals surface area contributed by atoms with E-state index in [0.717, 1.165) is 22.4 Å². The highest BCUT2D eigenvalue weighted by Gasteiger charge is 2.17. The summed E-state index contributed by atoms with van der Waals surface area (Å²) in [7, 11) is 0. The zero-order chi connectivity index (χ0) is 15.6. The maximum absolute atomic E-state index is 6.19. The first-order valence-electron chi connectivity index (χ1n) is 7.19. The topological polar surface area (TPSA) is 35.0 Å². The van der Waals surface area contributed by atoms with Crippen LogP contribution in [0.1, 0.15) is 56.2 Å². The van der Waals surface area contributed by atoms with Crippen molar-refractivity contribution >= 4 is 11.6 Å². The fraction of sp³-hybridized carbons (Fsp3) is 0.412. The van der Waals surface area contributed by atoms with Crippen LogP contribution in [0.2, 0.25) is 5.15 Å². The number of aromatic nitrogens is 2. The molecule has 0 saturated carbocycles.